The minimum atomic E-state index is -0.342. The highest BCUT2D eigenvalue weighted by Gasteiger charge is 2.15. The zero-order chi connectivity index (χ0) is 16.8. The number of aromatic nitrogens is 1. The van der Waals surface area contributed by atoms with E-state index in [9.17, 15) is 8.78 Å². The molecule has 24 heavy (non-hydrogen) atoms. The van der Waals surface area contributed by atoms with Crippen LogP contribution in [0.1, 0.15) is 25.3 Å². The average Bonchev–Trinajstić information content (AvgIpc) is 2.92. The van der Waals surface area contributed by atoms with Crippen LogP contribution in [0.4, 0.5) is 8.78 Å². The summed E-state index contributed by atoms with van der Waals surface area (Å²) in [5.74, 6) is -0.603. The van der Waals surface area contributed by atoms with Crippen molar-refractivity contribution >= 4 is 21.9 Å². The number of fused-ring (bicyclic) bond motifs is 3. The maximum Gasteiger partial charge on any atom is 0.144 e. The van der Waals surface area contributed by atoms with Gasteiger partial charge in [0.15, 0.2) is 0 Å². The van der Waals surface area contributed by atoms with Gasteiger partial charge in [-0.2, -0.15) is 0 Å². The lowest BCUT2D eigenvalue weighted by Gasteiger charge is -2.09. The minimum Gasteiger partial charge on any atom is -0.455 e. The van der Waals surface area contributed by atoms with E-state index < -0.39 is 0 Å². The van der Waals surface area contributed by atoms with Crippen LogP contribution in [0.15, 0.2) is 53.1 Å². The fourth-order valence-corrected chi connectivity index (χ4v) is 3.02. The SMILES string of the molecule is CC(C)c1cc(-c2cccc3c2oc2cc(F)ccc23)ncc1F. The average molecular weight is 323 g/mol. The maximum atomic E-state index is 13.9. The minimum absolute atomic E-state index is 0.0516. The Morgan fingerprint density at radius 2 is 1.83 bits per heavy atom. The van der Waals surface area contributed by atoms with Crippen LogP contribution < -0.4 is 0 Å². The summed E-state index contributed by atoms with van der Waals surface area (Å²) in [7, 11) is 0. The molecule has 0 radical (unpaired) electrons. The van der Waals surface area contributed by atoms with Crippen molar-refractivity contribution in [3.8, 4) is 11.3 Å². The molecule has 0 unspecified atom stereocenters. The van der Waals surface area contributed by atoms with Crippen LogP contribution in [0.2, 0.25) is 0 Å². The topological polar surface area (TPSA) is 26.0 Å². The van der Waals surface area contributed by atoms with E-state index in [0.29, 0.717) is 22.4 Å². The fraction of sp³-hybridized carbons (Fsp3) is 0.150. The normalized spacial score (nSPS) is 11.7. The molecule has 4 aromatic rings. The Hall–Kier alpha value is -2.75. The van der Waals surface area contributed by atoms with Crippen LogP contribution in [-0.2, 0) is 0 Å². The molecule has 2 heterocycles. The standard InChI is InChI=1S/C20H15F2NO/c1-11(2)16-9-18(23-10-17(16)22)15-5-3-4-14-13-7-6-12(21)8-19(13)24-20(14)15/h3-11H,1-2H3. The lowest BCUT2D eigenvalue weighted by Crippen LogP contribution is -1.96. The van der Waals surface area contributed by atoms with Crippen molar-refractivity contribution in [2.45, 2.75) is 19.8 Å². The molecule has 0 bridgehead atoms. The van der Waals surface area contributed by atoms with E-state index in [1.807, 2.05) is 32.0 Å². The number of furan rings is 1. The molecule has 4 heteroatoms. The van der Waals surface area contributed by atoms with Gasteiger partial charge in [-0.15, -0.1) is 0 Å². The van der Waals surface area contributed by atoms with Crippen molar-refractivity contribution in [1.29, 1.82) is 0 Å². The molecule has 0 saturated carbocycles. The number of hydrogen-bond donors (Lipinski definition) is 0. The van der Waals surface area contributed by atoms with Crippen molar-refractivity contribution in [3.05, 3.63) is 65.9 Å². The molecule has 0 aliphatic carbocycles. The summed E-state index contributed by atoms with van der Waals surface area (Å²) in [5, 5.41) is 1.74. The Morgan fingerprint density at radius 3 is 2.62 bits per heavy atom. The van der Waals surface area contributed by atoms with Gasteiger partial charge in [0.25, 0.3) is 0 Å². The predicted octanol–water partition coefficient (Wildman–Crippen LogP) is 6.05. The summed E-state index contributed by atoms with van der Waals surface area (Å²) in [6, 6.07) is 11.9. The molecular formula is C20H15F2NO. The lowest BCUT2D eigenvalue weighted by atomic mass is 10.00. The highest BCUT2D eigenvalue weighted by molar-refractivity contribution is 6.09. The third-order valence-corrected chi connectivity index (χ3v) is 4.24. The second-order valence-corrected chi connectivity index (χ2v) is 6.17. The summed E-state index contributed by atoms with van der Waals surface area (Å²) in [6.45, 7) is 3.87. The number of nitrogens with zero attached hydrogens (tertiary/aromatic N) is 1. The lowest BCUT2D eigenvalue weighted by molar-refractivity contribution is 0.592. The molecule has 0 amide bonds. The van der Waals surface area contributed by atoms with Gasteiger partial charge in [-0.3, -0.25) is 4.98 Å². The number of benzene rings is 2. The summed E-state index contributed by atoms with van der Waals surface area (Å²) in [4.78, 5) is 4.22. The zero-order valence-electron chi connectivity index (χ0n) is 13.3. The van der Waals surface area contributed by atoms with E-state index in [0.717, 1.165) is 16.3 Å². The first kappa shape index (κ1) is 14.8. The summed E-state index contributed by atoms with van der Waals surface area (Å²) >= 11 is 0. The number of rotatable bonds is 2. The molecule has 2 aromatic heterocycles. The smallest absolute Gasteiger partial charge is 0.144 e. The van der Waals surface area contributed by atoms with Crippen molar-refractivity contribution in [1.82, 2.24) is 4.98 Å². The molecule has 2 nitrogen and oxygen atoms in total. The van der Waals surface area contributed by atoms with Crippen LogP contribution in [0.3, 0.4) is 0 Å². The highest BCUT2D eigenvalue weighted by Crippen LogP contribution is 2.36. The monoisotopic (exact) mass is 323 g/mol. The molecule has 0 aliphatic rings. The van der Waals surface area contributed by atoms with E-state index in [-0.39, 0.29) is 17.6 Å². The maximum absolute atomic E-state index is 13.9. The summed E-state index contributed by atoms with van der Waals surface area (Å²) in [5.41, 5.74) is 3.14. The van der Waals surface area contributed by atoms with Gasteiger partial charge in [-0.25, -0.2) is 8.78 Å². The first-order valence-electron chi connectivity index (χ1n) is 7.81. The number of halogens is 2. The third kappa shape index (κ3) is 2.26. The van der Waals surface area contributed by atoms with E-state index in [1.54, 1.807) is 12.1 Å². The Kier molecular flexibility index (Phi) is 3.34. The van der Waals surface area contributed by atoms with Gasteiger partial charge >= 0.3 is 0 Å². The Bertz CT molecular complexity index is 1070. The van der Waals surface area contributed by atoms with Crippen LogP contribution in [0.25, 0.3) is 33.2 Å². The molecule has 0 N–H and O–H groups in total. The number of para-hydroxylation sites is 1. The van der Waals surface area contributed by atoms with Crippen LogP contribution in [0, 0.1) is 11.6 Å². The molecule has 0 atom stereocenters. The van der Waals surface area contributed by atoms with E-state index in [2.05, 4.69) is 4.98 Å². The first-order valence-corrected chi connectivity index (χ1v) is 7.81. The molecular weight excluding hydrogens is 308 g/mol. The van der Waals surface area contributed by atoms with Gasteiger partial charge in [0.1, 0.15) is 22.8 Å². The van der Waals surface area contributed by atoms with E-state index in [4.69, 9.17) is 4.42 Å². The fourth-order valence-electron chi connectivity index (χ4n) is 3.02. The van der Waals surface area contributed by atoms with Gasteiger partial charge in [-0.1, -0.05) is 26.0 Å². The van der Waals surface area contributed by atoms with Crippen molar-refractivity contribution < 1.29 is 13.2 Å². The first-order chi connectivity index (χ1) is 11.5. The Morgan fingerprint density at radius 1 is 1.00 bits per heavy atom. The summed E-state index contributed by atoms with van der Waals surface area (Å²) < 4.78 is 33.3. The Labute approximate surface area is 137 Å². The molecule has 0 saturated heterocycles. The molecule has 0 fully saturated rings. The molecule has 4 rings (SSSR count). The van der Waals surface area contributed by atoms with Gasteiger partial charge in [-0.05, 0) is 35.7 Å². The number of pyridine rings is 1. The predicted molar refractivity (Wildman–Crippen MR) is 91.0 cm³/mol. The van der Waals surface area contributed by atoms with Crippen LogP contribution in [0.5, 0.6) is 0 Å². The molecule has 0 spiro atoms. The highest BCUT2D eigenvalue weighted by atomic mass is 19.1. The van der Waals surface area contributed by atoms with Gasteiger partial charge in [0, 0.05) is 22.4 Å². The van der Waals surface area contributed by atoms with Crippen molar-refractivity contribution in [2.24, 2.45) is 0 Å². The number of hydrogen-bond acceptors (Lipinski definition) is 2. The largest absolute Gasteiger partial charge is 0.455 e. The third-order valence-electron chi connectivity index (χ3n) is 4.24. The molecule has 0 aliphatic heterocycles. The second kappa shape index (κ2) is 5.41. The quantitative estimate of drug-likeness (QED) is 0.449. The summed E-state index contributed by atoms with van der Waals surface area (Å²) in [6.07, 6.45) is 1.24. The van der Waals surface area contributed by atoms with Gasteiger partial charge < -0.3 is 4.42 Å². The zero-order valence-corrected chi connectivity index (χ0v) is 13.3. The second-order valence-electron chi connectivity index (χ2n) is 6.17. The van der Waals surface area contributed by atoms with E-state index in [1.165, 1.54) is 18.3 Å². The van der Waals surface area contributed by atoms with Gasteiger partial charge in [0.05, 0.1) is 11.9 Å². The van der Waals surface area contributed by atoms with Crippen molar-refractivity contribution in [3.63, 3.8) is 0 Å². The van der Waals surface area contributed by atoms with Gasteiger partial charge in [0.2, 0.25) is 0 Å². The Balaban J connectivity index is 2.00. The van der Waals surface area contributed by atoms with Crippen LogP contribution >= 0.6 is 0 Å². The van der Waals surface area contributed by atoms with E-state index >= 15 is 0 Å². The van der Waals surface area contributed by atoms with Crippen molar-refractivity contribution in [2.75, 3.05) is 0 Å². The molecule has 120 valence electrons. The molecule has 2 aromatic carbocycles. The van der Waals surface area contributed by atoms with Crippen LogP contribution in [-0.4, -0.2) is 4.98 Å².